The topological polar surface area (TPSA) is 98.0 Å². The molecule has 0 unspecified atom stereocenters. The van der Waals surface area contributed by atoms with E-state index in [-0.39, 0.29) is 18.3 Å². The lowest BCUT2D eigenvalue weighted by molar-refractivity contribution is -0.137. The Hall–Kier alpha value is -1.47. The quantitative estimate of drug-likeness (QED) is 0.332. The van der Waals surface area contributed by atoms with Gasteiger partial charge in [0, 0.05) is 28.5 Å². The van der Waals surface area contributed by atoms with Crippen molar-refractivity contribution in [3.63, 3.8) is 0 Å². The highest BCUT2D eigenvalue weighted by Crippen LogP contribution is 2.36. The predicted molar refractivity (Wildman–Crippen MR) is 111 cm³/mol. The second-order valence-corrected chi connectivity index (χ2v) is 8.98. The summed E-state index contributed by atoms with van der Waals surface area (Å²) in [5.74, 6) is -1.06. The Kier molecular flexibility index (Phi) is 9.38. The van der Waals surface area contributed by atoms with E-state index < -0.39 is 24.3 Å². The van der Waals surface area contributed by atoms with E-state index in [4.69, 9.17) is 5.11 Å². The number of hydrogen-bond acceptors (Lipinski definition) is 5. The van der Waals surface area contributed by atoms with E-state index in [1.165, 1.54) is 9.75 Å². The number of aliphatic carboxylic acids is 1. The normalized spacial score (nSPS) is 26.4. The van der Waals surface area contributed by atoms with Crippen LogP contribution in [0.25, 0.3) is 0 Å². The molecular formula is C22H32O5S. The SMILES string of the molecule is Cc1ccc(CC[C@H](O)C=C[C@@H]2[C@@H](CC=CCCCC(=O)O)[C@@H](O)C[C@H]2O)s1. The third kappa shape index (κ3) is 7.51. The zero-order valence-electron chi connectivity index (χ0n) is 16.4. The fraction of sp³-hybridized carbons (Fsp3) is 0.591. The molecule has 0 spiro atoms. The van der Waals surface area contributed by atoms with Crippen LogP contribution in [0.2, 0.25) is 0 Å². The molecule has 1 aromatic rings. The maximum absolute atomic E-state index is 10.5. The molecule has 28 heavy (non-hydrogen) atoms. The molecule has 0 saturated heterocycles. The van der Waals surface area contributed by atoms with Crippen LogP contribution in [0.3, 0.4) is 0 Å². The van der Waals surface area contributed by atoms with Crippen LogP contribution in [0.4, 0.5) is 0 Å². The van der Waals surface area contributed by atoms with E-state index in [0.717, 1.165) is 6.42 Å². The summed E-state index contributed by atoms with van der Waals surface area (Å²) in [6, 6.07) is 4.17. The molecule has 0 amide bonds. The van der Waals surface area contributed by atoms with Crippen LogP contribution in [0.15, 0.2) is 36.4 Å². The summed E-state index contributed by atoms with van der Waals surface area (Å²) in [4.78, 5) is 13.0. The first-order valence-electron chi connectivity index (χ1n) is 10.0. The van der Waals surface area contributed by atoms with Crippen molar-refractivity contribution in [1.29, 1.82) is 0 Å². The summed E-state index contributed by atoms with van der Waals surface area (Å²) in [5.41, 5.74) is 0. The molecule has 0 aromatic carbocycles. The molecule has 4 N–H and O–H groups in total. The minimum absolute atomic E-state index is 0.0888. The van der Waals surface area contributed by atoms with Gasteiger partial charge in [-0.1, -0.05) is 24.3 Å². The van der Waals surface area contributed by atoms with Gasteiger partial charge in [-0.25, -0.2) is 0 Å². The molecule has 5 nitrogen and oxygen atoms in total. The third-order valence-corrected chi connectivity index (χ3v) is 6.35. The highest BCUT2D eigenvalue weighted by molar-refractivity contribution is 7.11. The fourth-order valence-electron chi connectivity index (χ4n) is 3.71. The molecule has 156 valence electrons. The first-order valence-corrected chi connectivity index (χ1v) is 10.8. The van der Waals surface area contributed by atoms with E-state index in [1.807, 2.05) is 18.2 Å². The highest BCUT2D eigenvalue weighted by Gasteiger charge is 2.39. The maximum Gasteiger partial charge on any atom is 0.303 e. The van der Waals surface area contributed by atoms with Gasteiger partial charge in [-0.3, -0.25) is 4.79 Å². The molecule has 1 fully saturated rings. The number of aliphatic hydroxyl groups is 3. The Morgan fingerprint density at radius 2 is 2.07 bits per heavy atom. The molecule has 1 saturated carbocycles. The minimum atomic E-state index is -0.791. The number of carboxylic acids is 1. The Labute approximate surface area is 171 Å². The lowest BCUT2D eigenvalue weighted by atomic mass is 9.89. The smallest absolute Gasteiger partial charge is 0.303 e. The molecule has 5 atom stereocenters. The number of thiophene rings is 1. The molecule has 1 aromatic heterocycles. The summed E-state index contributed by atoms with van der Waals surface area (Å²) in [5, 5.41) is 39.4. The number of carboxylic acid groups (broad SMARTS) is 1. The van der Waals surface area contributed by atoms with Crippen molar-refractivity contribution in [2.24, 2.45) is 11.8 Å². The summed E-state index contributed by atoms with van der Waals surface area (Å²) in [7, 11) is 0. The first kappa shape index (κ1) is 22.8. The maximum atomic E-state index is 10.5. The van der Waals surface area contributed by atoms with Gasteiger partial charge in [0.05, 0.1) is 18.3 Å². The van der Waals surface area contributed by atoms with Crippen molar-refractivity contribution in [1.82, 2.24) is 0 Å². The second-order valence-electron chi connectivity index (χ2n) is 7.61. The summed E-state index contributed by atoms with van der Waals surface area (Å²) >= 11 is 1.74. The number of aryl methyl sites for hydroxylation is 2. The number of aliphatic hydroxyl groups excluding tert-OH is 3. The Morgan fingerprint density at radius 3 is 2.75 bits per heavy atom. The molecule has 1 aliphatic carbocycles. The van der Waals surface area contributed by atoms with Crippen molar-refractivity contribution in [2.75, 3.05) is 0 Å². The van der Waals surface area contributed by atoms with Crippen LogP contribution in [0, 0.1) is 18.8 Å². The van der Waals surface area contributed by atoms with Crippen molar-refractivity contribution < 1.29 is 25.2 Å². The third-order valence-electron chi connectivity index (χ3n) is 5.29. The van der Waals surface area contributed by atoms with E-state index in [0.29, 0.717) is 32.1 Å². The van der Waals surface area contributed by atoms with Crippen LogP contribution in [-0.2, 0) is 11.2 Å². The van der Waals surface area contributed by atoms with E-state index >= 15 is 0 Å². The standard InChI is InChI=1S/C22H32O5S/c1-15-8-11-17(28-15)12-9-16(23)10-13-19-18(20(24)14-21(19)25)6-4-2-3-5-7-22(26)27/h2,4,8,10-11,13,16,18-21,23-25H,3,5-7,9,12,14H2,1H3,(H,26,27)/t16-,18+,19+,20-,21+/m0/s1. The molecule has 6 heteroatoms. The number of carbonyl (C=O) groups is 1. The summed E-state index contributed by atoms with van der Waals surface area (Å²) in [6.07, 6.45) is 9.64. The Morgan fingerprint density at radius 1 is 1.29 bits per heavy atom. The van der Waals surface area contributed by atoms with Gasteiger partial charge in [-0.05, 0) is 57.1 Å². The monoisotopic (exact) mass is 408 g/mol. The van der Waals surface area contributed by atoms with E-state index in [9.17, 15) is 20.1 Å². The Balaban J connectivity index is 1.81. The van der Waals surface area contributed by atoms with Gasteiger partial charge < -0.3 is 20.4 Å². The first-order chi connectivity index (χ1) is 13.4. The lowest BCUT2D eigenvalue weighted by Gasteiger charge is -2.19. The minimum Gasteiger partial charge on any atom is -0.481 e. The van der Waals surface area contributed by atoms with Crippen LogP contribution in [0.1, 0.15) is 48.3 Å². The van der Waals surface area contributed by atoms with Crippen molar-refractivity contribution in [2.45, 2.75) is 70.2 Å². The molecule has 1 aliphatic rings. The lowest BCUT2D eigenvalue weighted by Crippen LogP contribution is -2.20. The van der Waals surface area contributed by atoms with Crippen LogP contribution >= 0.6 is 11.3 Å². The number of unbranched alkanes of at least 4 members (excludes halogenated alkanes) is 1. The van der Waals surface area contributed by atoms with Gasteiger partial charge in [-0.15, -0.1) is 11.3 Å². The molecule has 0 aliphatic heterocycles. The Bertz CT molecular complexity index is 666. The van der Waals surface area contributed by atoms with Gasteiger partial charge in [0.1, 0.15) is 0 Å². The summed E-state index contributed by atoms with van der Waals surface area (Å²) in [6.45, 7) is 2.07. The van der Waals surface area contributed by atoms with Crippen molar-refractivity contribution in [3.05, 3.63) is 46.2 Å². The van der Waals surface area contributed by atoms with Crippen LogP contribution in [0.5, 0.6) is 0 Å². The highest BCUT2D eigenvalue weighted by atomic mass is 32.1. The average molecular weight is 409 g/mol. The van der Waals surface area contributed by atoms with Gasteiger partial charge >= 0.3 is 5.97 Å². The zero-order valence-corrected chi connectivity index (χ0v) is 17.2. The number of hydrogen-bond donors (Lipinski definition) is 4. The summed E-state index contributed by atoms with van der Waals surface area (Å²) < 4.78 is 0. The van der Waals surface area contributed by atoms with Gasteiger partial charge in [0.2, 0.25) is 0 Å². The van der Waals surface area contributed by atoms with E-state index in [2.05, 4.69) is 19.1 Å². The van der Waals surface area contributed by atoms with Gasteiger partial charge in [-0.2, -0.15) is 0 Å². The largest absolute Gasteiger partial charge is 0.481 e. The van der Waals surface area contributed by atoms with Gasteiger partial charge in [0.15, 0.2) is 0 Å². The zero-order chi connectivity index (χ0) is 20.5. The van der Waals surface area contributed by atoms with E-state index in [1.54, 1.807) is 17.4 Å². The molecule has 0 bridgehead atoms. The van der Waals surface area contributed by atoms with Crippen molar-refractivity contribution >= 4 is 17.3 Å². The average Bonchev–Trinajstić information content (AvgIpc) is 3.16. The fourth-order valence-corrected chi connectivity index (χ4v) is 4.62. The van der Waals surface area contributed by atoms with Crippen LogP contribution in [-0.4, -0.2) is 44.7 Å². The predicted octanol–water partition coefficient (Wildman–Crippen LogP) is 3.47. The molecular weight excluding hydrogens is 376 g/mol. The molecule has 1 heterocycles. The number of rotatable bonds is 11. The molecule has 0 radical (unpaired) electrons. The molecule has 2 rings (SSSR count). The van der Waals surface area contributed by atoms with Crippen LogP contribution < -0.4 is 0 Å². The van der Waals surface area contributed by atoms with Gasteiger partial charge in [0.25, 0.3) is 0 Å². The van der Waals surface area contributed by atoms with Crippen molar-refractivity contribution in [3.8, 4) is 0 Å². The number of allylic oxidation sites excluding steroid dienone is 2. The second kappa shape index (κ2) is 11.5.